The average molecular weight is 632 g/mol. The predicted octanol–water partition coefficient (Wildman–Crippen LogP) is 3.97. The Hall–Kier alpha value is -2.58. The van der Waals surface area contributed by atoms with Gasteiger partial charge in [0, 0.05) is 6.07 Å². The Labute approximate surface area is 245 Å². The van der Waals surface area contributed by atoms with Crippen LogP contribution in [-0.4, -0.2) is 40.3 Å². The zero-order valence-electron chi connectivity index (χ0n) is 23.0. The van der Waals surface area contributed by atoms with Crippen LogP contribution in [0.2, 0.25) is 0 Å². The zero-order valence-corrected chi connectivity index (χ0v) is 25.2. The Morgan fingerprint density at radius 2 is 1.26 bits per heavy atom. The van der Waals surface area contributed by atoms with Crippen molar-refractivity contribution in [1.82, 2.24) is 4.48 Å². The highest BCUT2D eigenvalue weighted by atomic mass is 127. The average Bonchev–Trinajstić information content (AvgIpc) is 2.89. The number of quaternary nitrogens is 1. The molecule has 0 fully saturated rings. The van der Waals surface area contributed by atoms with E-state index >= 15 is 0 Å². The first-order valence-corrected chi connectivity index (χ1v) is 13.4. The lowest BCUT2D eigenvalue weighted by molar-refractivity contribution is -0.142. The SMILES string of the molecule is C[N+](C)(C)c1ccc(CC(=O)OCCCCCCCCOc2cccc(OCc3ccccc3)c2)cc1.[I-]. The number of halogens is 1. The Balaban J connectivity index is 0.00000507. The Kier molecular flexibility index (Phi) is 14.2. The molecule has 206 valence electrons. The van der Waals surface area contributed by atoms with Gasteiger partial charge in [-0.3, -0.25) is 9.28 Å². The molecular weight excluding hydrogens is 589 g/mol. The summed E-state index contributed by atoms with van der Waals surface area (Å²) in [6.45, 7) is 1.76. The molecule has 0 aromatic heterocycles. The maximum atomic E-state index is 12.1. The van der Waals surface area contributed by atoms with Crippen molar-refractivity contribution in [2.45, 2.75) is 51.6 Å². The van der Waals surface area contributed by atoms with Gasteiger partial charge in [-0.1, -0.05) is 74.2 Å². The summed E-state index contributed by atoms with van der Waals surface area (Å²) in [5.41, 5.74) is 3.35. The van der Waals surface area contributed by atoms with Crippen LogP contribution < -0.4 is 37.9 Å². The van der Waals surface area contributed by atoms with Crippen molar-refractivity contribution in [3.05, 3.63) is 90.0 Å². The number of hydrogen-bond acceptors (Lipinski definition) is 4. The molecule has 3 aromatic rings. The molecule has 0 saturated heterocycles. The van der Waals surface area contributed by atoms with Crippen molar-refractivity contribution in [2.24, 2.45) is 0 Å². The Morgan fingerprint density at radius 1 is 0.658 bits per heavy atom. The van der Waals surface area contributed by atoms with Crippen molar-refractivity contribution in [3.8, 4) is 11.5 Å². The first-order valence-electron chi connectivity index (χ1n) is 13.4. The van der Waals surface area contributed by atoms with Crippen molar-refractivity contribution < 1.29 is 43.0 Å². The number of nitrogens with zero attached hydrogens (tertiary/aromatic N) is 1. The summed E-state index contributed by atoms with van der Waals surface area (Å²) in [6.07, 6.45) is 6.79. The number of carbonyl (C=O) groups is 1. The van der Waals surface area contributed by atoms with Crippen LogP contribution in [0.15, 0.2) is 78.9 Å². The van der Waals surface area contributed by atoms with Crippen LogP contribution >= 0.6 is 0 Å². The summed E-state index contributed by atoms with van der Waals surface area (Å²) >= 11 is 0. The van der Waals surface area contributed by atoms with Crippen molar-refractivity contribution in [2.75, 3.05) is 34.4 Å². The molecule has 0 aliphatic heterocycles. The topological polar surface area (TPSA) is 44.8 Å². The first kappa shape index (κ1) is 31.6. The van der Waals surface area contributed by atoms with Crippen molar-refractivity contribution in [3.63, 3.8) is 0 Å². The third-order valence-electron chi connectivity index (χ3n) is 6.18. The summed E-state index contributed by atoms with van der Waals surface area (Å²) in [5.74, 6) is 1.51. The second kappa shape index (κ2) is 17.1. The van der Waals surface area contributed by atoms with Gasteiger partial charge in [-0.05, 0) is 48.2 Å². The minimum atomic E-state index is -0.148. The van der Waals surface area contributed by atoms with Gasteiger partial charge in [0.15, 0.2) is 0 Å². The highest BCUT2D eigenvalue weighted by Gasteiger charge is 2.12. The number of esters is 1. The summed E-state index contributed by atoms with van der Waals surface area (Å²) in [7, 11) is 6.38. The van der Waals surface area contributed by atoms with Crippen LogP contribution in [0, 0.1) is 0 Å². The molecule has 0 saturated carbocycles. The molecular formula is C32H42INO4. The summed E-state index contributed by atoms with van der Waals surface area (Å²) in [6, 6.07) is 26.2. The number of unbranched alkanes of at least 4 members (excludes halogenated alkanes) is 5. The van der Waals surface area contributed by atoms with E-state index in [1.165, 1.54) is 5.69 Å². The fourth-order valence-corrected chi connectivity index (χ4v) is 3.96. The van der Waals surface area contributed by atoms with Crippen LogP contribution in [0.1, 0.15) is 49.7 Å². The third kappa shape index (κ3) is 12.3. The molecule has 0 radical (unpaired) electrons. The van der Waals surface area contributed by atoms with Gasteiger partial charge in [-0.15, -0.1) is 0 Å². The Morgan fingerprint density at radius 3 is 1.92 bits per heavy atom. The lowest BCUT2D eigenvalue weighted by atomic mass is 10.1. The first-order chi connectivity index (χ1) is 17.9. The zero-order chi connectivity index (χ0) is 26.3. The van der Waals surface area contributed by atoms with Crippen molar-refractivity contribution in [1.29, 1.82) is 0 Å². The number of rotatable bonds is 16. The molecule has 0 bridgehead atoms. The normalized spacial score (nSPS) is 10.9. The predicted molar refractivity (Wildman–Crippen MR) is 151 cm³/mol. The molecule has 0 amide bonds. The maximum absolute atomic E-state index is 12.1. The van der Waals surface area contributed by atoms with E-state index < -0.39 is 0 Å². The number of benzene rings is 3. The van der Waals surface area contributed by atoms with E-state index in [1.807, 2.05) is 54.6 Å². The van der Waals surface area contributed by atoms with E-state index in [0.29, 0.717) is 26.2 Å². The second-order valence-electron chi connectivity index (χ2n) is 10.3. The van der Waals surface area contributed by atoms with E-state index in [1.54, 1.807) is 0 Å². The van der Waals surface area contributed by atoms with E-state index in [0.717, 1.165) is 65.6 Å². The Bertz CT molecular complexity index is 1060. The van der Waals surface area contributed by atoms with Gasteiger partial charge in [0.05, 0.1) is 40.8 Å². The fourth-order valence-electron chi connectivity index (χ4n) is 3.96. The van der Waals surface area contributed by atoms with Gasteiger partial charge in [0.2, 0.25) is 0 Å². The van der Waals surface area contributed by atoms with Gasteiger partial charge in [-0.25, -0.2) is 0 Å². The smallest absolute Gasteiger partial charge is 0.310 e. The lowest BCUT2D eigenvalue weighted by Gasteiger charge is -2.23. The molecule has 0 heterocycles. The van der Waals surface area contributed by atoms with Gasteiger partial charge < -0.3 is 38.2 Å². The van der Waals surface area contributed by atoms with Crippen molar-refractivity contribution >= 4 is 11.7 Å². The van der Waals surface area contributed by atoms with E-state index in [4.69, 9.17) is 14.2 Å². The number of carbonyl (C=O) groups excluding carboxylic acids is 1. The molecule has 0 spiro atoms. The highest BCUT2D eigenvalue weighted by molar-refractivity contribution is 5.72. The minimum absolute atomic E-state index is 0. The summed E-state index contributed by atoms with van der Waals surface area (Å²) in [4.78, 5) is 12.1. The molecule has 5 nitrogen and oxygen atoms in total. The largest absolute Gasteiger partial charge is 1.00 e. The molecule has 0 unspecified atom stereocenters. The molecule has 3 aromatic carbocycles. The summed E-state index contributed by atoms with van der Waals surface area (Å²) in [5, 5.41) is 0. The van der Waals surface area contributed by atoms with Crippen LogP contribution in [0.5, 0.6) is 11.5 Å². The standard InChI is InChI=1S/C32H42NO4.HI/c1-33(2,3)29-20-18-27(19-21-29)24-32(34)36-23-12-7-5-4-6-11-22-35-30-16-13-17-31(25-30)37-26-28-14-9-8-10-15-28;/h8-10,13-21,25H,4-7,11-12,22-24,26H2,1-3H3;1H/q+1;/p-1. The monoisotopic (exact) mass is 631 g/mol. The second-order valence-corrected chi connectivity index (χ2v) is 10.3. The van der Waals surface area contributed by atoms with Crippen LogP contribution in [0.4, 0.5) is 5.69 Å². The summed E-state index contributed by atoms with van der Waals surface area (Å²) < 4.78 is 18.0. The lowest BCUT2D eigenvalue weighted by Crippen LogP contribution is -3.00. The quantitative estimate of drug-likeness (QED) is 0.104. The van der Waals surface area contributed by atoms with Crippen LogP contribution in [-0.2, 0) is 22.6 Å². The third-order valence-corrected chi connectivity index (χ3v) is 6.18. The van der Waals surface area contributed by atoms with Crippen LogP contribution in [0.25, 0.3) is 0 Å². The maximum Gasteiger partial charge on any atom is 0.310 e. The molecule has 0 atom stereocenters. The van der Waals surface area contributed by atoms with Gasteiger partial charge in [-0.2, -0.15) is 0 Å². The van der Waals surface area contributed by atoms with Gasteiger partial charge in [0.1, 0.15) is 23.8 Å². The molecule has 6 heteroatoms. The molecule has 0 aliphatic carbocycles. The molecule has 38 heavy (non-hydrogen) atoms. The highest BCUT2D eigenvalue weighted by Crippen LogP contribution is 2.21. The molecule has 3 rings (SSSR count). The van der Waals surface area contributed by atoms with Crippen LogP contribution in [0.3, 0.4) is 0 Å². The number of ether oxygens (including phenoxy) is 3. The molecule has 0 N–H and O–H groups in total. The van der Waals surface area contributed by atoms with Gasteiger partial charge >= 0.3 is 5.97 Å². The fraction of sp³-hybridized carbons (Fsp3) is 0.406. The number of hydrogen-bond donors (Lipinski definition) is 0. The van der Waals surface area contributed by atoms with E-state index in [-0.39, 0.29) is 29.9 Å². The minimum Gasteiger partial charge on any atom is -1.00 e. The molecule has 0 aliphatic rings. The van der Waals surface area contributed by atoms with E-state index in [2.05, 4.69) is 45.4 Å². The van der Waals surface area contributed by atoms with Gasteiger partial charge in [0.25, 0.3) is 0 Å². The van der Waals surface area contributed by atoms with E-state index in [9.17, 15) is 4.79 Å².